The fraction of sp³-hybridized carbons (Fsp3) is 0.588. The smallest absolute Gasteiger partial charge is 0.313 e. The van der Waals surface area contributed by atoms with Crippen molar-refractivity contribution in [3.63, 3.8) is 0 Å². The minimum atomic E-state index is -0.475. The van der Waals surface area contributed by atoms with Crippen LogP contribution in [-0.2, 0) is 16.0 Å². The number of ether oxygens (including phenoxy) is 1. The predicted octanol–water partition coefficient (Wildman–Crippen LogP) is 3.78. The average molecular weight is 275 g/mol. The second-order valence-electron chi connectivity index (χ2n) is 5.94. The van der Waals surface area contributed by atoms with E-state index in [1.165, 1.54) is 25.5 Å². The van der Waals surface area contributed by atoms with Gasteiger partial charge in [0, 0.05) is 11.7 Å². The van der Waals surface area contributed by atoms with Crippen molar-refractivity contribution in [1.29, 1.82) is 0 Å². The van der Waals surface area contributed by atoms with Crippen molar-refractivity contribution in [1.82, 2.24) is 0 Å². The molecule has 3 heteroatoms. The highest BCUT2D eigenvalue weighted by Gasteiger charge is 2.45. The fourth-order valence-corrected chi connectivity index (χ4v) is 3.12. The molecule has 1 heterocycles. The van der Waals surface area contributed by atoms with Crippen molar-refractivity contribution < 1.29 is 9.53 Å². The van der Waals surface area contributed by atoms with Crippen LogP contribution in [0.5, 0.6) is 0 Å². The zero-order valence-corrected chi connectivity index (χ0v) is 12.7. The van der Waals surface area contributed by atoms with Crippen LogP contribution in [-0.4, -0.2) is 19.1 Å². The molecule has 3 nitrogen and oxygen atoms in total. The van der Waals surface area contributed by atoms with Crippen LogP contribution in [0.15, 0.2) is 24.3 Å². The number of anilines is 1. The first kappa shape index (κ1) is 14.9. The van der Waals surface area contributed by atoms with Crippen molar-refractivity contribution in [2.75, 3.05) is 12.4 Å². The lowest BCUT2D eigenvalue weighted by Crippen LogP contribution is -2.49. The van der Waals surface area contributed by atoms with Gasteiger partial charge in [0.15, 0.2) is 0 Å². The quantitative estimate of drug-likeness (QED) is 0.656. The molecule has 0 aromatic heterocycles. The largest absolute Gasteiger partial charge is 0.469 e. The second kappa shape index (κ2) is 6.29. The number of para-hydroxylation sites is 1. The molecule has 2 rings (SSSR count). The molecule has 0 saturated carbocycles. The first-order valence-corrected chi connectivity index (χ1v) is 7.54. The molecule has 1 aliphatic rings. The Morgan fingerprint density at radius 2 is 2.15 bits per heavy atom. The molecule has 0 radical (unpaired) electrons. The molecule has 1 aromatic carbocycles. The predicted molar refractivity (Wildman–Crippen MR) is 81.8 cm³/mol. The molecule has 0 aliphatic carbocycles. The van der Waals surface area contributed by atoms with E-state index in [1.807, 2.05) is 19.1 Å². The zero-order valence-electron chi connectivity index (χ0n) is 12.7. The summed E-state index contributed by atoms with van der Waals surface area (Å²) in [6.45, 7) is 4.22. The average Bonchev–Trinajstić information content (AvgIpc) is 2.47. The standard InChI is InChI=1S/C17H25NO2/c1-4-5-6-11-15-17(2,16(19)20-3)12-13-9-7-8-10-14(13)18-15/h7-10,15,18H,4-6,11-12H2,1-3H3/t15-,17+/m1/s1. The van der Waals surface area contributed by atoms with Crippen LogP contribution < -0.4 is 5.32 Å². The third kappa shape index (κ3) is 2.82. The van der Waals surface area contributed by atoms with Crippen molar-refractivity contribution >= 4 is 11.7 Å². The molecule has 0 saturated heterocycles. The maximum absolute atomic E-state index is 12.3. The van der Waals surface area contributed by atoms with Gasteiger partial charge in [0.05, 0.1) is 12.5 Å². The van der Waals surface area contributed by atoms with E-state index >= 15 is 0 Å². The normalized spacial score (nSPS) is 24.6. The Bertz CT molecular complexity index is 472. The molecule has 0 bridgehead atoms. The molecule has 1 aliphatic heterocycles. The molecule has 0 spiro atoms. The summed E-state index contributed by atoms with van der Waals surface area (Å²) in [5, 5.41) is 3.56. The van der Waals surface area contributed by atoms with E-state index in [9.17, 15) is 4.79 Å². The highest BCUT2D eigenvalue weighted by molar-refractivity contribution is 5.80. The molecule has 2 atom stereocenters. The van der Waals surface area contributed by atoms with Crippen molar-refractivity contribution in [2.24, 2.45) is 5.41 Å². The number of rotatable bonds is 5. The summed E-state index contributed by atoms with van der Waals surface area (Å²) >= 11 is 0. The second-order valence-corrected chi connectivity index (χ2v) is 5.94. The maximum atomic E-state index is 12.3. The summed E-state index contributed by atoms with van der Waals surface area (Å²) in [6.07, 6.45) is 5.30. The van der Waals surface area contributed by atoms with Crippen LogP contribution in [0.2, 0.25) is 0 Å². The fourth-order valence-electron chi connectivity index (χ4n) is 3.12. The number of hydrogen-bond acceptors (Lipinski definition) is 3. The number of benzene rings is 1. The van der Waals surface area contributed by atoms with E-state index < -0.39 is 5.41 Å². The number of unbranched alkanes of at least 4 members (excludes halogenated alkanes) is 2. The number of hydrogen-bond donors (Lipinski definition) is 1. The Balaban J connectivity index is 2.24. The third-order valence-corrected chi connectivity index (χ3v) is 4.42. The topological polar surface area (TPSA) is 38.3 Å². The zero-order chi connectivity index (χ0) is 14.6. The minimum Gasteiger partial charge on any atom is -0.469 e. The monoisotopic (exact) mass is 275 g/mol. The molecule has 1 N–H and O–H groups in total. The van der Waals surface area contributed by atoms with Crippen molar-refractivity contribution in [2.45, 2.75) is 52.0 Å². The Kier molecular flexibility index (Phi) is 4.69. The van der Waals surface area contributed by atoms with Gasteiger partial charge in [-0.15, -0.1) is 0 Å². The van der Waals surface area contributed by atoms with Gasteiger partial charge in [-0.3, -0.25) is 4.79 Å². The molecular weight excluding hydrogens is 250 g/mol. The molecular formula is C17H25NO2. The number of fused-ring (bicyclic) bond motifs is 1. The number of esters is 1. The highest BCUT2D eigenvalue weighted by atomic mass is 16.5. The molecule has 1 aromatic rings. The van der Waals surface area contributed by atoms with Crippen molar-refractivity contribution in [3.05, 3.63) is 29.8 Å². The first-order valence-electron chi connectivity index (χ1n) is 7.54. The van der Waals surface area contributed by atoms with Gasteiger partial charge in [0.1, 0.15) is 0 Å². The van der Waals surface area contributed by atoms with E-state index in [0.29, 0.717) is 0 Å². The van der Waals surface area contributed by atoms with E-state index in [4.69, 9.17) is 4.74 Å². The maximum Gasteiger partial charge on any atom is 0.313 e. The van der Waals surface area contributed by atoms with Crippen LogP contribution in [0.25, 0.3) is 0 Å². The van der Waals surface area contributed by atoms with Gasteiger partial charge in [-0.1, -0.05) is 44.4 Å². The summed E-state index contributed by atoms with van der Waals surface area (Å²) in [7, 11) is 1.48. The summed E-state index contributed by atoms with van der Waals surface area (Å²) in [5.74, 6) is -0.110. The van der Waals surface area contributed by atoms with E-state index in [0.717, 1.165) is 24.9 Å². The Morgan fingerprint density at radius 3 is 2.85 bits per heavy atom. The lowest BCUT2D eigenvalue weighted by molar-refractivity contribution is -0.153. The third-order valence-electron chi connectivity index (χ3n) is 4.42. The van der Waals surface area contributed by atoms with Gasteiger partial charge in [-0.25, -0.2) is 0 Å². The lowest BCUT2D eigenvalue weighted by Gasteiger charge is -2.41. The van der Waals surface area contributed by atoms with Gasteiger partial charge < -0.3 is 10.1 Å². The van der Waals surface area contributed by atoms with Gasteiger partial charge in [-0.2, -0.15) is 0 Å². The van der Waals surface area contributed by atoms with Crippen LogP contribution in [0.3, 0.4) is 0 Å². The van der Waals surface area contributed by atoms with Gasteiger partial charge in [0.2, 0.25) is 0 Å². The number of nitrogens with one attached hydrogen (secondary N) is 1. The summed E-state index contributed by atoms with van der Waals surface area (Å²) in [4.78, 5) is 12.3. The number of carbonyl (C=O) groups excluding carboxylic acids is 1. The Morgan fingerprint density at radius 1 is 1.40 bits per heavy atom. The SMILES string of the molecule is CCCCC[C@H]1Nc2ccccc2C[C@]1(C)C(=O)OC. The lowest BCUT2D eigenvalue weighted by atomic mass is 9.72. The summed E-state index contributed by atoms with van der Waals surface area (Å²) in [5.41, 5.74) is 1.89. The van der Waals surface area contributed by atoms with Crippen molar-refractivity contribution in [3.8, 4) is 0 Å². The highest BCUT2D eigenvalue weighted by Crippen LogP contribution is 2.39. The summed E-state index contributed by atoms with van der Waals surface area (Å²) in [6, 6.07) is 8.40. The molecule has 0 amide bonds. The van der Waals surface area contributed by atoms with Gasteiger partial charge in [-0.05, 0) is 31.4 Å². The minimum absolute atomic E-state index is 0.110. The number of carbonyl (C=O) groups is 1. The van der Waals surface area contributed by atoms with Crippen LogP contribution >= 0.6 is 0 Å². The summed E-state index contributed by atoms with van der Waals surface area (Å²) < 4.78 is 5.07. The molecule has 110 valence electrons. The Hall–Kier alpha value is -1.51. The molecule has 0 fully saturated rings. The molecule has 20 heavy (non-hydrogen) atoms. The van der Waals surface area contributed by atoms with Crippen LogP contribution in [0.4, 0.5) is 5.69 Å². The van der Waals surface area contributed by atoms with E-state index in [1.54, 1.807) is 0 Å². The number of methoxy groups -OCH3 is 1. The van der Waals surface area contributed by atoms with Crippen LogP contribution in [0, 0.1) is 5.41 Å². The van der Waals surface area contributed by atoms with E-state index in [-0.39, 0.29) is 12.0 Å². The van der Waals surface area contributed by atoms with Crippen LogP contribution in [0.1, 0.15) is 45.1 Å². The van der Waals surface area contributed by atoms with Gasteiger partial charge in [0.25, 0.3) is 0 Å². The molecule has 0 unspecified atom stereocenters. The van der Waals surface area contributed by atoms with Gasteiger partial charge >= 0.3 is 5.97 Å². The Labute approximate surface area is 121 Å². The first-order chi connectivity index (χ1) is 9.61. The van der Waals surface area contributed by atoms with E-state index in [2.05, 4.69) is 24.4 Å².